The van der Waals surface area contributed by atoms with Gasteiger partial charge < -0.3 is 26.6 Å². The van der Waals surface area contributed by atoms with E-state index in [-0.39, 0.29) is 11.6 Å². The standard InChI is InChI=1S/C30H31F4N5O2S/c31-23-19-22(30(32,33)34)10-11-25(23)38-29(41)28(36-13-14-39-15-17-42-18-16-39)21-8-5-20(6-9-21)7-12-27(40)37-26-4-2-1-3-24(26)35/h1-12,19,28,36H,13-18,35H2,(H,37,40)(H,38,41). The number of hydrogen-bond acceptors (Lipinski definition) is 6. The van der Waals surface area contributed by atoms with E-state index < -0.39 is 29.5 Å². The highest BCUT2D eigenvalue weighted by atomic mass is 32.2. The van der Waals surface area contributed by atoms with E-state index in [4.69, 9.17) is 5.73 Å². The maximum atomic E-state index is 14.5. The summed E-state index contributed by atoms with van der Waals surface area (Å²) in [4.78, 5) is 27.9. The number of anilines is 3. The van der Waals surface area contributed by atoms with Crippen LogP contribution in [0.5, 0.6) is 0 Å². The summed E-state index contributed by atoms with van der Waals surface area (Å²) in [7, 11) is 0. The number of hydrogen-bond donors (Lipinski definition) is 4. The van der Waals surface area contributed by atoms with Gasteiger partial charge in [0.1, 0.15) is 11.9 Å². The van der Waals surface area contributed by atoms with Gasteiger partial charge in [-0.15, -0.1) is 0 Å². The molecule has 1 heterocycles. The molecule has 42 heavy (non-hydrogen) atoms. The fourth-order valence-corrected chi connectivity index (χ4v) is 5.29. The lowest BCUT2D eigenvalue weighted by molar-refractivity contribution is -0.137. The lowest BCUT2D eigenvalue weighted by atomic mass is 10.0. The zero-order valence-electron chi connectivity index (χ0n) is 22.6. The van der Waals surface area contributed by atoms with E-state index >= 15 is 0 Å². The number of carbonyl (C=O) groups is 2. The Balaban J connectivity index is 1.46. The zero-order chi connectivity index (χ0) is 30.1. The number of alkyl halides is 3. The molecular formula is C30H31F4N5O2S. The summed E-state index contributed by atoms with van der Waals surface area (Å²) in [5.41, 5.74) is 6.55. The van der Waals surface area contributed by atoms with Crippen LogP contribution in [-0.2, 0) is 15.8 Å². The van der Waals surface area contributed by atoms with Crippen molar-refractivity contribution in [1.82, 2.24) is 10.2 Å². The summed E-state index contributed by atoms with van der Waals surface area (Å²) in [5, 5.41) is 8.33. The van der Waals surface area contributed by atoms with Crippen LogP contribution in [0.2, 0.25) is 0 Å². The van der Waals surface area contributed by atoms with Gasteiger partial charge in [0.25, 0.3) is 0 Å². The molecule has 3 aromatic rings. The predicted molar refractivity (Wildman–Crippen MR) is 160 cm³/mol. The fraction of sp³-hybridized carbons (Fsp3) is 0.267. The molecule has 0 saturated carbocycles. The van der Waals surface area contributed by atoms with Gasteiger partial charge in [0, 0.05) is 43.8 Å². The number of carbonyl (C=O) groups excluding carboxylic acids is 2. The number of halogens is 4. The molecule has 0 spiro atoms. The van der Waals surface area contributed by atoms with E-state index in [1.54, 1.807) is 54.6 Å². The summed E-state index contributed by atoms with van der Waals surface area (Å²) in [6.45, 7) is 3.03. The molecule has 3 aromatic carbocycles. The second-order valence-electron chi connectivity index (χ2n) is 9.60. The Morgan fingerprint density at radius 3 is 2.36 bits per heavy atom. The van der Waals surface area contributed by atoms with Gasteiger partial charge in [0.05, 0.1) is 22.6 Å². The molecule has 0 radical (unpaired) electrons. The van der Waals surface area contributed by atoms with Crippen molar-refractivity contribution in [2.45, 2.75) is 12.2 Å². The summed E-state index contributed by atoms with van der Waals surface area (Å²) in [6, 6.07) is 14.8. The van der Waals surface area contributed by atoms with Crippen molar-refractivity contribution >= 4 is 46.7 Å². The summed E-state index contributed by atoms with van der Waals surface area (Å²) in [6.07, 6.45) is -1.74. The van der Waals surface area contributed by atoms with Gasteiger partial charge >= 0.3 is 6.18 Å². The molecule has 1 aliphatic heterocycles. The first-order chi connectivity index (χ1) is 20.1. The lowest BCUT2D eigenvalue weighted by Crippen LogP contribution is -2.41. The largest absolute Gasteiger partial charge is 0.416 e. The van der Waals surface area contributed by atoms with Crippen molar-refractivity contribution in [2.75, 3.05) is 54.1 Å². The van der Waals surface area contributed by atoms with Gasteiger partial charge in [0.15, 0.2) is 0 Å². The van der Waals surface area contributed by atoms with Gasteiger partial charge in [-0.2, -0.15) is 24.9 Å². The Labute approximate surface area is 245 Å². The van der Waals surface area contributed by atoms with Gasteiger partial charge in [0.2, 0.25) is 11.8 Å². The van der Waals surface area contributed by atoms with Crippen molar-refractivity contribution < 1.29 is 27.2 Å². The Hall–Kier alpha value is -3.87. The Kier molecular flexibility index (Phi) is 10.6. The smallest absolute Gasteiger partial charge is 0.397 e. The highest BCUT2D eigenvalue weighted by Crippen LogP contribution is 2.31. The molecule has 0 aromatic heterocycles. The molecule has 7 nitrogen and oxygen atoms in total. The Morgan fingerprint density at radius 1 is 0.976 bits per heavy atom. The minimum Gasteiger partial charge on any atom is -0.397 e. The van der Waals surface area contributed by atoms with Crippen LogP contribution in [-0.4, -0.2) is 54.4 Å². The first-order valence-corrected chi connectivity index (χ1v) is 14.4. The lowest BCUT2D eigenvalue weighted by Gasteiger charge is -2.27. The van der Waals surface area contributed by atoms with Gasteiger partial charge in [-0.05, 0) is 47.5 Å². The highest BCUT2D eigenvalue weighted by Gasteiger charge is 2.31. The zero-order valence-corrected chi connectivity index (χ0v) is 23.4. The number of nitrogens with one attached hydrogen (secondary N) is 3. The second kappa shape index (κ2) is 14.3. The van der Waals surface area contributed by atoms with Crippen LogP contribution < -0.4 is 21.7 Å². The minimum absolute atomic E-state index is 0.350. The molecule has 5 N–H and O–H groups in total. The SMILES string of the molecule is Nc1ccccc1NC(=O)C=Cc1ccc(C(NCCN2CCSCC2)C(=O)Nc2ccc(C(F)(F)F)cc2F)cc1. The molecule has 1 aliphatic rings. The molecule has 1 atom stereocenters. The van der Waals surface area contributed by atoms with Crippen molar-refractivity contribution in [3.63, 3.8) is 0 Å². The van der Waals surface area contributed by atoms with Crippen LogP contribution in [0.1, 0.15) is 22.7 Å². The first-order valence-electron chi connectivity index (χ1n) is 13.2. The normalized spacial score (nSPS) is 15.0. The minimum atomic E-state index is -4.70. The van der Waals surface area contributed by atoms with Gasteiger partial charge in [-0.25, -0.2) is 4.39 Å². The number of nitrogen functional groups attached to an aromatic ring is 1. The van der Waals surface area contributed by atoms with Crippen molar-refractivity contribution in [3.8, 4) is 0 Å². The first kappa shape index (κ1) is 31.1. The molecule has 222 valence electrons. The van der Waals surface area contributed by atoms with E-state index in [1.165, 1.54) is 6.08 Å². The topological polar surface area (TPSA) is 99.5 Å². The molecule has 1 fully saturated rings. The highest BCUT2D eigenvalue weighted by molar-refractivity contribution is 7.99. The van der Waals surface area contributed by atoms with E-state index in [0.29, 0.717) is 41.7 Å². The van der Waals surface area contributed by atoms with Crippen LogP contribution in [0.15, 0.2) is 72.8 Å². The Bertz CT molecular complexity index is 1410. The molecule has 12 heteroatoms. The predicted octanol–water partition coefficient (Wildman–Crippen LogP) is 5.40. The number of amides is 2. The maximum Gasteiger partial charge on any atom is 0.416 e. The van der Waals surface area contributed by atoms with Crippen LogP contribution in [0.25, 0.3) is 6.08 Å². The molecule has 4 rings (SSSR count). The molecule has 1 unspecified atom stereocenters. The number of nitrogens with zero attached hydrogens (tertiary/aromatic N) is 1. The van der Waals surface area contributed by atoms with E-state index in [2.05, 4.69) is 20.9 Å². The van der Waals surface area contributed by atoms with Crippen molar-refractivity contribution in [1.29, 1.82) is 0 Å². The number of para-hydroxylation sites is 2. The molecule has 0 aliphatic carbocycles. The van der Waals surface area contributed by atoms with Crippen LogP contribution >= 0.6 is 11.8 Å². The van der Waals surface area contributed by atoms with E-state index in [9.17, 15) is 27.2 Å². The third-order valence-electron chi connectivity index (χ3n) is 6.61. The molecule has 2 amide bonds. The fourth-order valence-electron chi connectivity index (χ4n) is 4.31. The maximum absolute atomic E-state index is 14.5. The van der Waals surface area contributed by atoms with Crippen LogP contribution in [0.4, 0.5) is 34.6 Å². The number of rotatable bonds is 10. The van der Waals surface area contributed by atoms with Crippen LogP contribution in [0.3, 0.4) is 0 Å². The monoisotopic (exact) mass is 601 g/mol. The van der Waals surface area contributed by atoms with E-state index in [0.717, 1.165) is 36.7 Å². The number of thioether (sulfide) groups is 1. The summed E-state index contributed by atoms with van der Waals surface area (Å²) >= 11 is 1.88. The van der Waals surface area contributed by atoms with Gasteiger partial charge in [-0.1, -0.05) is 36.4 Å². The van der Waals surface area contributed by atoms with Crippen molar-refractivity contribution in [2.24, 2.45) is 0 Å². The van der Waals surface area contributed by atoms with E-state index in [1.807, 2.05) is 11.8 Å². The molecule has 1 saturated heterocycles. The summed E-state index contributed by atoms with van der Waals surface area (Å²) < 4.78 is 53.3. The van der Waals surface area contributed by atoms with Crippen LogP contribution in [0, 0.1) is 5.82 Å². The number of benzene rings is 3. The third kappa shape index (κ3) is 8.81. The second-order valence-corrected chi connectivity index (χ2v) is 10.8. The molecular weight excluding hydrogens is 570 g/mol. The third-order valence-corrected chi connectivity index (χ3v) is 7.55. The van der Waals surface area contributed by atoms with Crippen molar-refractivity contribution in [3.05, 3.63) is 95.3 Å². The van der Waals surface area contributed by atoms with Gasteiger partial charge in [-0.3, -0.25) is 9.59 Å². The molecule has 0 bridgehead atoms. The quantitative estimate of drug-likeness (QED) is 0.141. The average molecular weight is 602 g/mol. The Morgan fingerprint density at radius 2 is 1.69 bits per heavy atom. The summed E-state index contributed by atoms with van der Waals surface area (Å²) in [5.74, 6) is -0.110. The average Bonchev–Trinajstić information content (AvgIpc) is 2.97. The number of nitrogens with two attached hydrogens (primary N) is 1.